The molecule has 0 bridgehead atoms. The van der Waals surface area contributed by atoms with Gasteiger partial charge >= 0.3 is 0 Å². The molecule has 0 aliphatic carbocycles. The zero-order valence-electron chi connectivity index (χ0n) is 20.0. The van der Waals surface area contributed by atoms with E-state index in [1.807, 2.05) is 24.3 Å². The van der Waals surface area contributed by atoms with Gasteiger partial charge in [-0.3, -0.25) is 9.59 Å². The van der Waals surface area contributed by atoms with Crippen molar-refractivity contribution in [3.63, 3.8) is 0 Å². The number of carbonyl (C=O) groups is 1. The third kappa shape index (κ3) is 5.72. The SMILES string of the molecule is O=C(NCc1nc2ccccc2[nH]1)C1=CC(c2coc3ccccc3c2=O)CC(OCCOCCO)O1. The Balaban J connectivity index is 1.35. The van der Waals surface area contributed by atoms with E-state index in [0.717, 1.165) is 11.0 Å². The molecule has 37 heavy (non-hydrogen) atoms. The molecule has 5 rings (SSSR count). The van der Waals surface area contributed by atoms with E-state index in [4.69, 9.17) is 23.7 Å². The highest BCUT2D eigenvalue weighted by atomic mass is 16.7. The first kappa shape index (κ1) is 24.7. The molecule has 0 radical (unpaired) electrons. The number of aromatic amines is 1. The fourth-order valence-corrected chi connectivity index (χ4v) is 4.23. The molecule has 2 aromatic carbocycles. The van der Waals surface area contributed by atoms with E-state index in [2.05, 4.69) is 15.3 Å². The van der Waals surface area contributed by atoms with Gasteiger partial charge in [0.2, 0.25) is 6.29 Å². The summed E-state index contributed by atoms with van der Waals surface area (Å²) in [5.41, 5.74) is 2.41. The minimum Gasteiger partial charge on any atom is -0.464 e. The standard InChI is InChI=1S/C27H27N3O7/c31-9-10-34-11-12-35-25-14-17(19-16-36-22-8-4-1-5-18(22)26(19)32)13-23(37-25)27(33)28-15-24-29-20-6-2-3-7-21(20)30-24/h1-8,13,16-17,25,31H,9-12,14-15H2,(H,28,33)(H,29,30). The normalized spacial score (nSPS) is 17.5. The molecule has 1 aliphatic rings. The van der Waals surface area contributed by atoms with E-state index in [-0.39, 0.29) is 44.2 Å². The molecule has 1 amide bonds. The van der Waals surface area contributed by atoms with Gasteiger partial charge in [0.25, 0.3) is 5.91 Å². The Bertz CT molecular complexity index is 1440. The summed E-state index contributed by atoms with van der Waals surface area (Å²) in [6.45, 7) is 0.721. The Morgan fingerprint density at radius 1 is 1.14 bits per heavy atom. The van der Waals surface area contributed by atoms with Crippen LogP contribution in [0.3, 0.4) is 0 Å². The van der Waals surface area contributed by atoms with Crippen LogP contribution in [0.25, 0.3) is 22.0 Å². The molecule has 0 saturated heterocycles. The number of benzene rings is 2. The van der Waals surface area contributed by atoms with E-state index >= 15 is 0 Å². The number of H-pyrrole nitrogens is 1. The van der Waals surface area contributed by atoms with Gasteiger partial charge in [0.05, 0.1) is 55.7 Å². The fourth-order valence-electron chi connectivity index (χ4n) is 4.23. The first-order chi connectivity index (χ1) is 18.1. The van der Waals surface area contributed by atoms with Crippen LogP contribution in [0.1, 0.15) is 23.7 Å². The van der Waals surface area contributed by atoms with E-state index < -0.39 is 18.1 Å². The molecule has 0 spiro atoms. The number of ether oxygens (including phenoxy) is 3. The minimum absolute atomic E-state index is 0.0428. The average molecular weight is 506 g/mol. The molecule has 2 aromatic heterocycles. The maximum atomic E-state index is 13.2. The van der Waals surface area contributed by atoms with E-state index in [1.165, 1.54) is 6.26 Å². The summed E-state index contributed by atoms with van der Waals surface area (Å²) < 4.78 is 22.6. The average Bonchev–Trinajstić information content (AvgIpc) is 3.35. The fraction of sp³-hybridized carbons (Fsp3) is 0.296. The molecule has 4 aromatic rings. The third-order valence-corrected chi connectivity index (χ3v) is 6.01. The molecular weight excluding hydrogens is 478 g/mol. The third-order valence-electron chi connectivity index (χ3n) is 6.01. The number of aliphatic hydroxyl groups is 1. The second-order valence-corrected chi connectivity index (χ2v) is 8.53. The Morgan fingerprint density at radius 3 is 2.84 bits per heavy atom. The van der Waals surface area contributed by atoms with Gasteiger partial charge in [-0.15, -0.1) is 0 Å². The molecule has 0 saturated carbocycles. The van der Waals surface area contributed by atoms with Gasteiger partial charge in [-0.2, -0.15) is 0 Å². The maximum Gasteiger partial charge on any atom is 0.286 e. The molecule has 10 heteroatoms. The van der Waals surface area contributed by atoms with Crippen molar-refractivity contribution in [3.05, 3.63) is 88.2 Å². The molecule has 2 unspecified atom stereocenters. The molecule has 3 N–H and O–H groups in total. The first-order valence-electron chi connectivity index (χ1n) is 12.0. The Hall–Kier alpha value is -3.99. The Morgan fingerprint density at radius 2 is 1.97 bits per heavy atom. The number of aliphatic hydroxyl groups excluding tert-OH is 1. The van der Waals surface area contributed by atoms with Crippen molar-refractivity contribution < 1.29 is 28.5 Å². The summed E-state index contributed by atoms with van der Waals surface area (Å²) in [5, 5.41) is 12.1. The van der Waals surface area contributed by atoms with E-state index in [9.17, 15) is 9.59 Å². The number of allylic oxidation sites excluding steroid dienone is 1. The van der Waals surface area contributed by atoms with Crippen LogP contribution in [0.15, 0.2) is 75.8 Å². The number of aromatic nitrogens is 2. The monoisotopic (exact) mass is 505 g/mol. The number of hydrogen-bond donors (Lipinski definition) is 3. The summed E-state index contributed by atoms with van der Waals surface area (Å²) in [7, 11) is 0. The van der Waals surface area contributed by atoms with Crippen molar-refractivity contribution in [3.8, 4) is 0 Å². The summed E-state index contributed by atoms with van der Waals surface area (Å²) in [5.74, 6) is -0.280. The number of nitrogens with one attached hydrogen (secondary N) is 2. The molecule has 1 aliphatic heterocycles. The molecule has 2 atom stereocenters. The largest absolute Gasteiger partial charge is 0.464 e. The summed E-state index contributed by atoms with van der Waals surface area (Å²) in [6, 6.07) is 14.6. The molecule has 192 valence electrons. The van der Waals surface area contributed by atoms with Crippen molar-refractivity contribution in [2.24, 2.45) is 0 Å². The van der Waals surface area contributed by atoms with Gasteiger partial charge in [0, 0.05) is 17.9 Å². The zero-order chi connectivity index (χ0) is 25.6. The van der Waals surface area contributed by atoms with Crippen LogP contribution in [-0.2, 0) is 25.5 Å². The predicted molar refractivity (Wildman–Crippen MR) is 135 cm³/mol. The van der Waals surface area contributed by atoms with Crippen molar-refractivity contribution in [1.29, 1.82) is 0 Å². The minimum atomic E-state index is -0.787. The lowest BCUT2D eigenvalue weighted by molar-refractivity contribution is -0.151. The number of carbonyl (C=O) groups excluding carboxylic acids is 1. The summed E-state index contributed by atoms with van der Waals surface area (Å²) in [4.78, 5) is 33.9. The van der Waals surface area contributed by atoms with Crippen molar-refractivity contribution in [2.75, 3.05) is 26.4 Å². The summed E-state index contributed by atoms with van der Waals surface area (Å²) >= 11 is 0. The molecular formula is C27H27N3O7. The van der Waals surface area contributed by atoms with Crippen molar-refractivity contribution >= 4 is 27.9 Å². The molecule has 10 nitrogen and oxygen atoms in total. The Labute approximate surface area is 211 Å². The highest BCUT2D eigenvalue weighted by Crippen LogP contribution is 2.31. The van der Waals surface area contributed by atoms with Gasteiger partial charge in [-0.25, -0.2) is 4.98 Å². The highest BCUT2D eigenvalue weighted by molar-refractivity contribution is 5.91. The Kier molecular flexibility index (Phi) is 7.59. The predicted octanol–water partition coefficient (Wildman–Crippen LogP) is 2.73. The van der Waals surface area contributed by atoms with Crippen LogP contribution in [0, 0.1) is 0 Å². The summed E-state index contributed by atoms with van der Waals surface area (Å²) in [6.07, 6.45) is 2.58. The lowest BCUT2D eigenvalue weighted by atomic mass is 9.93. The van der Waals surface area contributed by atoms with E-state index in [0.29, 0.717) is 28.8 Å². The lowest BCUT2D eigenvalue weighted by Gasteiger charge is -2.29. The number of hydrogen-bond acceptors (Lipinski definition) is 8. The molecule has 3 heterocycles. The van der Waals surface area contributed by atoms with E-state index in [1.54, 1.807) is 30.3 Å². The maximum absolute atomic E-state index is 13.2. The second kappa shape index (κ2) is 11.4. The van der Waals surface area contributed by atoms with Gasteiger partial charge in [0.1, 0.15) is 11.4 Å². The van der Waals surface area contributed by atoms with Crippen LogP contribution >= 0.6 is 0 Å². The number of nitrogens with zero attached hydrogens (tertiary/aromatic N) is 1. The smallest absolute Gasteiger partial charge is 0.286 e. The quantitative estimate of drug-likeness (QED) is 0.280. The molecule has 0 fully saturated rings. The van der Waals surface area contributed by atoms with Crippen LogP contribution in [0.2, 0.25) is 0 Å². The zero-order valence-corrected chi connectivity index (χ0v) is 20.0. The van der Waals surface area contributed by atoms with Crippen LogP contribution in [0.5, 0.6) is 0 Å². The lowest BCUT2D eigenvalue weighted by Crippen LogP contribution is -2.34. The van der Waals surface area contributed by atoms with Gasteiger partial charge in [-0.1, -0.05) is 24.3 Å². The number of amides is 1. The number of imidazole rings is 1. The van der Waals surface area contributed by atoms with Crippen LogP contribution < -0.4 is 10.7 Å². The van der Waals surface area contributed by atoms with Crippen LogP contribution in [-0.4, -0.2) is 53.7 Å². The second-order valence-electron chi connectivity index (χ2n) is 8.53. The van der Waals surface area contributed by atoms with Crippen molar-refractivity contribution in [1.82, 2.24) is 15.3 Å². The topological polar surface area (TPSA) is 136 Å². The van der Waals surface area contributed by atoms with Crippen LogP contribution in [0.4, 0.5) is 0 Å². The van der Waals surface area contributed by atoms with Gasteiger partial charge < -0.3 is 34.0 Å². The van der Waals surface area contributed by atoms with Gasteiger partial charge in [0.15, 0.2) is 11.2 Å². The number of rotatable bonds is 10. The number of fused-ring (bicyclic) bond motifs is 2. The first-order valence-corrected chi connectivity index (χ1v) is 12.0. The number of para-hydroxylation sites is 3. The highest BCUT2D eigenvalue weighted by Gasteiger charge is 2.30. The van der Waals surface area contributed by atoms with Crippen molar-refractivity contribution in [2.45, 2.75) is 25.2 Å². The van der Waals surface area contributed by atoms with Gasteiger partial charge in [-0.05, 0) is 30.3 Å².